The third kappa shape index (κ3) is 3.54. The van der Waals surface area contributed by atoms with Crippen molar-refractivity contribution in [3.05, 3.63) is 42.1 Å². The summed E-state index contributed by atoms with van der Waals surface area (Å²) in [5.74, 6) is -0.0558. The first-order valence-electron chi connectivity index (χ1n) is 6.94. The highest BCUT2D eigenvalue weighted by Crippen LogP contribution is 2.13. The maximum absolute atomic E-state index is 12.3. The smallest absolute Gasteiger partial charge is 0.272 e. The lowest BCUT2D eigenvalue weighted by atomic mass is 10.2. The molecule has 1 aromatic carbocycles. The van der Waals surface area contributed by atoms with Crippen molar-refractivity contribution in [2.75, 3.05) is 20.2 Å². The highest BCUT2D eigenvalue weighted by molar-refractivity contribution is 5.94. The molecule has 0 aliphatic heterocycles. The lowest BCUT2D eigenvalue weighted by molar-refractivity contribution is 0.0787. The van der Waals surface area contributed by atoms with Gasteiger partial charge in [-0.05, 0) is 31.4 Å². The molecule has 4 nitrogen and oxygen atoms in total. The minimum atomic E-state index is -0.0558. The molecule has 4 heteroatoms. The third-order valence-electron chi connectivity index (χ3n) is 3.32. The van der Waals surface area contributed by atoms with Gasteiger partial charge < -0.3 is 10.0 Å². The average Bonchev–Trinajstić information content (AvgIpc) is 2.50. The lowest BCUT2D eigenvalue weighted by Gasteiger charge is -2.16. The van der Waals surface area contributed by atoms with E-state index in [1.807, 2.05) is 30.3 Å². The van der Waals surface area contributed by atoms with Crippen molar-refractivity contribution >= 4 is 16.8 Å². The van der Waals surface area contributed by atoms with Gasteiger partial charge in [0, 0.05) is 25.6 Å². The van der Waals surface area contributed by atoms with Crippen molar-refractivity contribution in [3.8, 4) is 0 Å². The number of aliphatic hydroxyl groups excluding tert-OH is 1. The van der Waals surface area contributed by atoms with E-state index in [1.54, 1.807) is 18.0 Å². The first kappa shape index (κ1) is 14.5. The Morgan fingerprint density at radius 2 is 1.95 bits per heavy atom. The molecule has 1 aromatic heterocycles. The first-order chi connectivity index (χ1) is 9.72. The number of para-hydroxylation sites is 1. The van der Waals surface area contributed by atoms with Crippen LogP contribution in [0.1, 0.15) is 29.8 Å². The number of aliphatic hydroxyl groups is 1. The van der Waals surface area contributed by atoms with Crippen LogP contribution in [0, 0.1) is 0 Å². The Morgan fingerprint density at radius 3 is 2.75 bits per heavy atom. The van der Waals surface area contributed by atoms with Gasteiger partial charge >= 0.3 is 0 Å². The molecular formula is C16H20N2O2. The van der Waals surface area contributed by atoms with E-state index in [4.69, 9.17) is 5.11 Å². The fourth-order valence-corrected chi connectivity index (χ4v) is 2.12. The molecule has 106 valence electrons. The number of unbranched alkanes of at least 4 members (excludes halogenated alkanes) is 2. The molecule has 0 saturated heterocycles. The second kappa shape index (κ2) is 7.01. The standard InChI is InChI=1S/C16H20N2O2/c1-18(11-5-2-6-12-19)16(20)15-10-9-13-7-3-4-8-14(13)17-15/h3-4,7-10,19H,2,5-6,11-12H2,1H3. The van der Waals surface area contributed by atoms with Crippen LogP contribution in [-0.2, 0) is 0 Å². The topological polar surface area (TPSA) is 53.4 Å². The van der Waals surface area contributed by atoms with Gasteiger partial charge in [-0.2, -0.15) is 0 Å². The van der Waals surface area contributed by atoms with Crippen LogP contribution in [0.3, 0.4) is 0 Å². The Labute approximate surface area is 119 Å². The van der Waals surface area contributed by atoms with E-state index in [-0.39, 0.29) is 12.5 Å². The number of pyridine rings is 1. The van der Waals surface area contributed by atoms with Crippen LogP contribution >= 0.6 is 0 Å². The lowest BCUT2D eigenvalue weighted by Crippen LogP contribution is -2.28. The molecule has 0 atom stereocenters. The van der Waals surface area contributed by atoms with Gasteiger partial charge in [0.1, 0.15) is 5.69 Å². The molecule has 0 aliphatic rings. The highest BCUT2D eigenvalue weighted by Gasteiger charge is 2.13. The number of benzene rings is 1. The molecule has 1 N–H and O–H groups in total. The van der Waals surface area contributed by atoms with Crippen LogP contribution in [0.4, 0.5) is 0 Å². The van der Waals surface area contributed by atoms with E-state index in [1.165, 1.54) is 0 Å². The van der Waals surface area contributed by atoms with Crippen LogP contribution in [-0.4, -0.2) is 41.1 Å². The molecular weight excluding hydrogens is 252 g/mol. The second-order valence-corrected chi connectivity index (χ2v) is 4.90. The first-order valence-corrected chi connectivity index (χ1v) is 6.94. The minimum Gasteiger partial charge on any atom is -0.396 e. The zero-order chi connectivity index (χ0) is 14.4. The van der Waals surface area contributed by atoms with Crippen LogP contribution in [0.5, 0.6) is 0 Å². The molecule has 0 bridgehead atoms. The molecule has 0 aliphatic carbocycles. The quantitative estimate of drug-likeness (QED) is 0.822. The van der Waals surface area contributed by atoms with Gasteiger partial charge in [0.05, 0.1) is 5.52 Å². The molecule has 0 radical (unpaired) electrons. The molecule has 1 amide bonds. The third-order valence-corrected chi connectivity index (χ3v) is 3.32. The molecule has 0 unspecified atom stereocenters. The summed E-state index contributed by atoms with van der Waals surface area (Å²) in [7, 11) is 1.79. The van der Waals surface area contributed by atoms with Crippen molar-refractivity contribution in [2.24, 2.45) is 0 Å². The van der Waals surface area contributed by atoms with E-state index in [0.29, 0.717) is 12.2 Å². The van der Waals surface area contributed by atoms with Crippen molar-refractivity contribution in [1.29, 1.82) is 0 Å². The van der Waals surface area contributed by atoms with Crippen LogP contribution in [0.2, 0.25) is 0 Å². The van der Waals surface area contributed by atoms with Gasteiger partial charge in [-0.15, -0.1) is 0 Å². The number of amides is 1. The fourth-order valence-electron chi connectivity index (χ4n) is 2.12. The summed E-state index contributed by atoms with van der Waals surface area (Å²) in [5.41, 5.74) is 1.32. The zero-order valence-corrected chi connectivity index (χ0v) is 11.7. The van der Waals surface area contributed by atoms with E-state index in [2.05, 4.69) is 4.98 Å². The predicted molar refractivity (Wildman–Crippen MR) is 79.6 cm³/mol. The summed E-state index contributed by atoms with van der Waals surface area (Å²) < 4.78 is 0. The summed E-state index contributed by atoms with van der Waals surface area (Å²) in [6, 6.07) is 11.5. The van der Waals surface area contributed by atoms with Crippen molar-refractivity contribution in [2.45, 2.75) is 19.3 Å². The van der Waals surface area contributed by atoms with Crippen LogP contribution in [0.25, 0.3) is 10.9 Å². The molecule has 0 fully saturated rings. The highest BCUT2D eigenvalue weighted by atomic mass is 16.2. The molecule has 20 heavy (non-hydrogen) atoms. The number of aromatic nitrogens is 1. The maximum Gasteiger partial charge on any atom is 0.272 e. The summed E-state index contributed by atoms with van der Waals surface area (Å²) in [6.07, 6.45) is 2.62. The minimum absolute atomic E-state index is 0.0558. The van der Waals surface area contributed by atoms with Crippen molar-refractivity contribution < 1.29 is 9.90 Å². The summed E-state index contributed by atoms with van der Waals surface area (Å²) in [5, 5.41) is 9.77. The van der Waals surface area contributed by atoms with E-state index in [0.717, 1.165) is 30.2 Å². The monoisotopic (exact) mass is 272 g/mol. The molecule has 2 aromatic rings. The average molecular weight is 272 g/mol. The number of fused-ring (bicyclic) bond motifs is 1. The number of nitrogens with zero attached hydrogens (tertiary/aromatic N) is 2. The number of rotatable bonds is 6. The van der Waals surface area contributed by atoms with E-state index in [9.17, 15) is 4.79 Å². The van der Waals surface area contributed by atoms with Crippen molar-refractivity contribution in [1.82, 2.24) is 9.88 Å². The molecule has 2 rings (SSSR count). The molecule has 0 spiro atoms. The number of carbonyl (C=O) groups is 1. The van der Waals surface area contributed by atoms with E-state index >= 15 is 0 Å². The Hall–Kier alpha value is -1.94. The summed E-state index contributed by atoms with van der Waals surface area (Å²) >= 11 is 0. The fraction of sp³-hybridized carbons (Fsp3) is 0.375. The van der Waals surface area contributed by atoms with E-state index < -0.39 is 0 Å². The Bertz CT molecular complexity index is 583. The molecule has 0 saturated carbocycles. The predicted octanol–water partition coefficient (Wildman–Crippen LogP) is 2.47. The summed E-state index contributed by atoms with van der Waals surface area (Å²) in [4.78, 5) is 18.4. The molecule has 1 heterocycles. The number of hydrogen-bond donors (Lipinski definition) is 1. The van der Waals surface area contributed by atoms with Crippen LogP contribution < -0.4 is 0 Å². The SMILES string of the molecule is CN(CCCCCO)C(=O)c1ccc2ccccc2n1. The summed E-state index contributed by atoms with van der Waals surface area (Å²) in [6.45, 7) is 0.900. The van der Waals surface area contributed by atoms with Crippen molar-refractivity contribution in [3.63, 3.8) is 0 Å². The van der Waals surface area contributed by atoms with Crippen LogP contribution in [0.15, 0.2) is 36.4 Å². The maximum atomic E-state index is 12.3. The van der Waals surface area contributed by atoms with Gasteiger partial charge in [-0.25, -0.2) is 4.98 Å². The zero-order valence-electron chi connectivity index (χ0n) is 11.7. The Balaban J connectivity index is 2.02. The number of carbonyl (C=O) groups excluding carboxylic acids is 1. The van der Waals surface area contributed by atoms with Gasteiger partial charge in [0.15, 0.2) is 0 Å². The Morgan fingerprint density at radius 1 is 1.15 bits per heavy atom. The second-order valence-electron chi connectivity index (χ2n) is 4.90. The number of hydrogen-bond acceptors (Lipinski definition) is 3. The van der Waals surface area contributed by atoms with Gasteiger partial charge in [-0.1, -0.05) is 24.3 Å². The Kier molecular flexibility index (Phi) is 5.07. The van der Waals surface area contributed by atoms with Gasteiger partial charge in [0.25, 0.3) is 5.91 Å². The van der Waals surface area contributed by atoms with Gasteiger partial charge in [-0.3, -0.25) is 4.79 Å². The largest absolute Gasteiger partial charge is 0.396 e. The van der Waals surface area contributed by atoms with Gasteiger partial charge in [0.2, 0.25) is 0 Å². The normalized spacial score (nSPS) is 10.7.